The van der Waals surface area contributed by atoms with Crippen molar-refractivity contribution in [3.63, 3.8) is 0 Å². The Bertz CT molecular complexity index is 342. The monoisotopic (exact) mass is 226 g/mol. The first-order valence-electron chi connectivity index (χ1n) is 5.63. The van der Waals surface area contributed by atoms with Crippen LogP contribution in [-0.4, -0.2) is 15.5 Å². The molecule has 5 heteroatoms. The van der Waals surface area contributed by atoms with Crippen LogP contribution in [0.5, 0.6) is 0 Å². The summed E-state index contributed by atoms with van der Waals surface area (Å²) in [6.45, 7) is 6.22. The fourth-order valence-electron chi connectivity index (χ4n) is 1.73. The topological polar surface area (TPSA) is 63.8 Å². The molecule has 0 aliphatic carbocycles. The van der Waals surface area contributed by atoms with E-state index in [4.69, 9.17) is 5.73 Å². The molecule has 0 atom stereocenters. The quantitative estimate of drug-likeness (QED) is 0.810. The number of nitrogen functional groups attached to an aromatic ring is 1. The summed E-state index contributed by atoms with van der Waals surface area (Å²) in [5.41, 5.74) is 5.32. The molecule has 0 radical (unpaired) electrons. The lowest BCUT2D eigenvalue weighted by Crippen LogP contribution is -2.37. The van der Waals surface area contributed by atoms with Gasteiger partial charge in [0.05, 0.1) is 6.20 Å². The summed E-state index contributed by atoms with van der Waals surface area (Å²) in [7, 11) is 0. The molecule has 3 N–H and O–H groups in total. The van der Waals surface area contributed by atoms with Gasteiger partial charge >= 0.3 is 0 Å². The number of aromatic nitrogens is 2. The molecule has 1 aromatic heterocycles. The summed E-state index contributed by atoms with van der Waals surface area (Å²) in [5, 5.41) is 3.14. The van der Waals surface area contributed by atoms with Gasteiger partial charge in [0.1, 0.15) is 0 Å². The number of anilines is 2. The Morgan fingerprint density at radius 2 is 1.88 bits per heavy atom. The number of rotatable bonds is 5. The van der Waals surface area contributed by atoms with Gasteiger partial charge in [-0.05, 0) is 19.3 Å². The Morgan fingerprint density at radius 3 is 2.38 bits per heavy atom. The molecule has 0 bridgehead atoms. The van der Waals surface area contributed by atoms with Gasteiger partial charge in [-0.2, -0.15) is 4.98 Å². The molecule has 16 heavy (non-hydrogen) atoms. The SMILES string of the molecule is CCC(CC)(CC)Nc1nc(N)ncc1F. The van der Waals surface area contributed by atoms with Crippen molar-refractivity contribution in [2.45, 2.75) is 45.6 Å². The summed E-state index contributed by atoms with van der Waals surface area (Å²) in [6.07, 6.45) is 3.81. The summed E-state index contributed by atoms with van der Waals surface area (Å²) in [6, 6.07) is 0. The third kappa shape index (κ3) is 2.59. The maximum absolute atomic E-state index is 13.5. The van der Waals surface area contributed by atoms with Gasteiger partial charge in [-0.3, -0.25) is 0 Å². The lowest BCUT2D eigenvalue weighted by atomic mass is 9.90. The molecule has 0 unspecified atom stereocenters. The lowest BCUT2D eigenvalue weighted by Gasteiger charge is -2.32. The second kappa shape index (κ2) is 5.09. The lowest BCUT2D eigenvalue weighted by molar-refractivity contribution is 0.415. The highest BCUT2D eigenvalue weighted by atomic mass is 19.1. The largest absolute Gasteiger partial charge is 0.368 e. The van der Waals surface area contributed by atoms with Crippen LogP contribution in [0.4, 0.5) is 16.2 Å². The highest BCUT2D eigenvalue weighted by Gasteiger charge is 2.25. The van der Waals surface area contributed by atoms with Crippen LogP contribution in [0.1, 0.15) is 40.0 Å². The summed E-state index contributed by atoms with van der Waals surface area (Å²) in [4.78, 5) is 7.48. The van der Waals surface area contributed by atoms with Gasteiger partial charge in [0.15, 0.2) is 11.6 Å². The Kier molecular flexibility index (Phi) is 4.04. The van der Waals surface area contributed by atoms with Crippen LogP contribution in [0.3, 0.4) is 0 Å². The normalized spacial score (nSPS) is 11.5. The number of halogens is 1. The Balaban J connectivity index is 2.97. The van der Waals surface area contributed by atoms with Crippen molar-refractivity contribution in [2.75, 3.05) is 11.1 Å². The van der Waals surface area contributed by atoms with Crippen LogP contribution >= 0.6 is 0 Å². The highest BCUT2D eigenvalue weighted by molar-refractivity contribution is 5.41. The van der Waals surface area contributed by atoms with Crippen LogP contribution < -0.4 is 11.1 Å². The zero-order chi connectivity index (χ0) is 12.2. The molecule has 0 spiro atoms. The van der Waals surface area contributed by atoms with E-state index >= 15 is 0 Å². The molecule has 90 valence electrons. The van der Waals surface area contributed by atoms with Crippen LogP contribution in [0.25, 0.3) is 0 Å². The molecule has 0 aliphatic rings. The molecule has 0 saturated heterocycles. The Morgan fingerprint density at radius 1 is 1.31 bits per heavy atom. The highest BCUT2D eigenvalue weighted by Crippen LogP contribution is 2.25. The van der Waals surface area contributed by atoms with Gasteiger partial charge in [0.2, 0.25) is 5.95 Å². The standard InChI is InChI=1S/C11H19FN4/c1-4-11(5-2,6-3)16-9-8(12)7-14-10(13)15-9/h7H,4-6H2,1-3H3,(H3,13,14,15,16). The van der Waals surface area contributed by atoms with Gasteiger partial charge in [-0.15, -0.1) is 0 Å². The van der Waals surface area contributed by atoms with Crippen molar-refractivity contribution < 1.29 is 4.39 Å². The smallest absolute Gasteiger partial charge is 0.222 e. The summed E-state index contributed by atoms with van der Waals surface area (Å²) >= 11 is 0. The van der Waals surface area contributed by atoms with E-state index in [0.29, 0.717) is 0 Å². The minimum absolute atomic E-state index is 0.0844. The number of hydrogen-bond donors (Lipinski definition) is 2. The first-order valence-corrected chi connectivity index (χ1v) is 5.63. The van der Waals surface area contributed by atoms with E-state index in [2.05, 4.69) is 36.1 Å². The molecular formula is C11H19FN4. The van der Waals surface area contributed by atoms with Crippen LogP contribution in [0, 0.1) is 5.82 Å². The van der Waals surface area contributed by atoms with Crippen molar-refractivity contribution in [1.82, 2.24) is 9.97 Å². The Labute approximate surface area is 95.5 Å². The zero-order valence-electron chi connectivity index (χ0n) is 10.0. The Hall–Kier alpha value is -1.39. The predicted molar refractivity (Wildman–Crippen MR) is 63.6 cm³/mol. The van der Waals surface area contributed by atoms with E-state index in [1.165, 1.54) is 0 Å². The van der Waals surface area contributed by atoms with Gasteiger partial charge < -0.3 is 11.1 Å². The number of hydrogen-bond acceptors (Lipinski definition) is 4. The number of nitrogens with zero attached hydrogens (tertiary/aromatic N) is 2. The first kappa shape index (κ1) is 12.7. The van der Waals surface area contributed by atoms with E-state index in [1.807, 2.05) is 0 Å². The molecule has 0 aromatic carbocycles. The molecule has 1 rings (SSSR count). The van der Waals surface area contributed by atoms with Crippen LogP contribution in [0.2, 0.25) is 0 Å². The minimum Gasteiger partial charge on any atom is -0.368 e. The summed E-state index contributed by atoms with van der Waals surface area (Å²) in [5.74, 6) is -0.187. The molecule has 0 amide bonds. The van der Waals surface area contributed by atoms with Gasteiger partial charge in [0.25, 0.3) is 0 Å². The summed E-state index contributed by atoms with van der Waals surface area (Å²) < 4.78 is 13.5. The fourth-order valence-corrected chi connectivity index (χ4v) is 1.73. The van der Waals surface area contributed by atoms with Crippen molar-refractivity contribution in [3.8, 4) is 0 Å². The van der Waals surface area contributed by atoms with E-state index in [0.717, 1.165) is 25.5 Å². The molecule has 4 nitrogen and oxygen atoms in total. The van der Waals surface area contributed by atoms with Gasteiger partial charge in [-0.1, -0.05) is 20.8 Å². The second-order valence-electron chi connectivity index (χ2n) is 3.89. The first-order chi connectivity index (χ1) is 7.56. The average Bonchev–Trinajstić information content (AvgIpc) is 2.31. The zero-order valence-corrected chi connectivity index (χ0v) is 10.0. The van der Waals surface area contributed by atoms with Crippen molar-refractivity contribution in [3.05, 3.63) is 12.0 Å². The van der Waals surface area contributed by atoms with E-state index in [9.17, 15) is 4.39 Å². The van der Waals surface area contributed by atoms with E-state index in [1.54, 1.807) is 0 Å². The third-order valence-corrected chi connectivity index (χ3v) is 3.18. The number of nitrogens with one attached hydrogen (secondary N) is 1. The molecular weight excluding hydrogens is 207 g/mol. The van der Waals surface area contributed by atoms with Crippen molar-refractivity contribution in [2.24, 2.45) is 0 Å². The third-order valence-electron chi connectivity index (χ3n) is 3.18. The van der Waals surface area contributed by atoms with Crippen LogP contribution in [0.15, 0.2) is 6.20 Å². The van der Waals surface area contributed by atoms with Gasteiger partial charge in [-0.25, -0.2) is 9.37 Å². The number of nitrogens with two attached hydrogens (primary N) is 1. The van der Waals surface area contributed by atoms with E-state index in [-0.39, 0.29) is 17.3 Å². The van der Waals surface area contributed by atoms with Crippen molar-refractivity contribution in [1.29, 1.82) is 0 Å². The second-order valence-corrected chi connectivity index (χ2v) is 3.89. The maximum atomic E-state index is 13.5. The van der Waals surface area contributed by atoms with Crippen molar-refractivity contribution >= 4 is 11.8 Å². The van der Waals surface area contributed by atoms with Crippen LogP contribution in [-0.2, 0) is 0 Å². The fraction of sp³-hybridized carbons (Fsp3) is 0.636. The predicted octanol–water partition coefficient (Wildman–Crippen LogP) is 2.58. The molecule has 1 aromatic rings. The minimum atomic E-state index is -0.464. The molecule has 0 fully saturated rings. The maximum Gasteiger partial charge on any atom is 0.222 e. The molecule has 0 aliphatic heterocycles. The average molecular weight is 226 g/mol. The molecule has 0 saturated carbocycles. The van der Waals surface area contributed by atoms with Gasteiger partial charge in [0, 0.05) is 5.54 Å². The van der Waals surface area contributed by atoms with E-state index < -0.39 is 5.82 Å². The molecule has 1 heterocycles.